The predicted molar refractivity (Wildman–Crippen MR) is 104 cm³/mol. The van der Waals surface area contributed by atoms with Crippen molar-refractivity contribution < 1.29 is 19.1 Å². The molecule has 0 fully saturated rings. The van der Waals surface area contributed by atoms with Crippen LogP contribution in [0, 0.1) is 0 Å². The van der Waals surface area contributed by atoms with Gasteiger partial charge >= 0.3 is 0 Å². The van der Waals surface area contributed by atoms with Crippen LogP contribution in [-0.4, -0.2) is 44.0 Å². The normalized spacial score (nSPS) is 11.4. The van der Waals surface area contributed by atoms with Crippen LogP contribution in [0.2, 0.25) is 0 Å². The molecule has 0 radical (unpaired) electrons. The number of hydrogen-bond donors (Lipinski definition) is 1. The molecule has 0 spiro atoms. The molecule has 1 atom stereocenters. The van der Waals surface area contributed by atoms with E-state index >= 15 is 0 Å². The summed E-state index contributed by atoms with van der Waals surface area (Å²) in [6.45, 7) is 2.07. The van der Waals surface area contributed by atoms with Gasteiger partial charge in [-0.15, -0.1) is 0 Å². The molecule has 0 saturated carbocycles. The number of ether oxygens (including phenoxy) is 2. The van der Waals surface area contributed by atoms with E-state index in [0.717, 1.165) is 22.6 Å². The van der Waals surface area contributed by atoms with Gasteiger partial charge in [0.05, 0.1) is 20.6 Å². The Bertz CT molecular complexity index is 757. The SMILES string of the molecule is CNC(=O)C(C)N(Cc1ccc(OC)cc1)C(=O)Cc1ccc(OC)cc1. The summed E-state index contributed by atoms with van der Waals surface area (Å²) in [6.07, 6.45) is 0.210. The third-order valence-corrected chi connectivity index (χ3v) is 4.44. The van der Waals surface area contributed by atoms with Gasteiger partial charge in [0.15, 0.2) is 0 Å². The Labute approximate surface area is 160 Å². The predicted octanol–water partition coefficient (Wildman–Crippen LogP) is 2.41. The molecule has 2 aromatic rings. The molecular formula is C21H26N2O4. The van der Waals surface area contributed by atoms with Crippen LogP contribution in [0.4, 0.5) is 0 Å². The maximum absolute atomic E-state index is 12.9. The summed E-state index contributed by atoms with van der Waals surface area (Å²) in [6, 6.07) is 14.2. The summed E-state index contributed by atoms with van der Waals surface area (Å²) in [5.74, 6) is 1.16. The molecular weight excluding hydrogens is 344 g/mol. The topological polar surface area (TPSA) is 67.9 Å². The smallest absolute Gasteiger partial charge is 0.242 e. The number of nitrogens with zero attached hydrogens (tertiary/aromatic N) is 1. The molecule has 2 amide bonds. The standard InChI is InChI=1S/C21H26N2O4/c1-15(21(25)22-2)23(14-17-7-11-19(27-4)12-8-17)20(24)13-16-5-9-18(26-3)10-6-16/h5-12,15H,13-14H2,1-4H3,(H,22,25). The number of carbonyl (C=O) groups excluding carboxylic acids is 2. The van der Waals surface area contributed by atoms with Crippen molar-refractivity contribution in [2.24, 2.45) is 0 Å². The Morgan fingerprint density at radius 3 is 1.85 bits per heavy atom. The molecule has 0 aliphatic rings. The minimum atomic E-state index is -0.581. The second-order valence-corrected chi connectivity index (χ2v) is 6.18. The first-order valence-corrected chi connectivity index (χ1v) is 8.75. The van der Waals surface area contributed by atoms with Crippen molar-refractivity contribution in [2.45, 2.75) is 25.9 Å². The molecule has 1 N–H and O–H groups in total. The summed E-state index contributed by atoms with van der Waals surface area (Å²) in [5, 5.41) is 2.61. The quantitative estimate of drug-likeness (QED) is 0.775. The Balaban J connectivity index is 2.18. The lowest BCUT2D eigenvalue weighted by Gasteiger charge is -2.28. The van der Waals surface area contributed by atoms with Crippen LogP contribution in [0.1, 0.15) is 18.1 Å². The summed E-state index contributed by atoms with van der Waals surface area (Å²) in [7, 11) is 4.77. The van der Waals surface area contributed by atoms with Crippen LogP contribution in [0.15, 0.2) is 48.5 Å². The lowest BCUT2D eigenvalue weighted by atomic mass is 10.1. The number of methoxy groups -OCH3 is 2. The molecule has 0 aliphatic heterocycles. The summed E-state index contributed by atoms with van der Waals surface area (Å²) >= 11 is 0. The van der Waals surface area contributed by atoms with E-state index in [4.69, 9.17) is 9.47 Å². The Hall–Kier alpha value is -3.02. The second-order valence-electron chi connectivity index (χ2n) is 6.18. The molecule has 6 nitrogen and oxygen atoms in total. The highest BCUT2D eigenvalue weighted by Crippen LogP contribution is 2.17. The van der Waals surface area contributed by atoms with Crippen LogP contribution in [0.5, 0.6) is 11.5 Å². The van der Waals surface area contributed by atoms with Gasteiger partial charge in [0.25, 0.3) is 0 Å². The number of rotatable bonds is 8. The third-order valence-electron chi connectivity index (χ3n) is 4.44. The molecule has 0 aromatic heterocycles. The van der Waals surface area contributed by atoms with E-state index in [1.807, 2.05) is 48.5 Å². The van der Waals surface area contributed by atoms with E-state index in [9.17, 15) is 9.59 Å². The number of likely N-dealkylation sites (N-methyl/N-ethyl adjacent to an activating group) is 1. The van der Waals surface area contributed by atoms with Crippen LogP contribution < -0.4 is 14.8 Å². The number of carbonyl (C=O) groups is 2. The van der Waals surface area contributed by atoms with E-state index < -0.39 is 6.04 Å². The van der Waals surface area contributed by atoms with Crippen molar-refractivity contribution in [3.63, 3.8) is 0 Å². The van der Waals surface area contributed by atoms with Crippen molar-refractivity contribution in [3.8, 4) is 11.5 Å². The van der Waals surface area contributed by atoms with Gasteiger partial charge in [-0.05, 0) is 42.3 Å². The molecule has 1 unspecified atom stereocenters. The molecule has 0 aliphatic carbocycles. The largest absolute Gasteiger partial charge is 0.497 e. The Morgan fingerprint density at radius 2 is 1.41 bits per heavy atom. The maximum atomic E-state index is 12.9. The van der Waals surface area contributed by atoms with E-state index in [-0.39, 0.29) is 18.2 Å². The number of amides is 2. The fraction of sp³-hybridized carbons (Fsp3) is 0.333. The zero-order valence-electron chi connectivity index (χ0n) is 16.2. The first kappa shape index (κ1) is 20.3. The zero-order valence-corrected chi connectivity index (χ0v) is 16.2. The summed E-state index contributed by atoms with van der Waals surface area (Å²) in [5.41, 5.74) is 1.79. The van der Waals surface area contributed by atoms with Crippen LogP contribution >= 0.6 is 0 Å². The van der Waals surface area contributed by atoms with Gasteiger partial charge < -0.3 is 19.7 Å². The van der Waals surface area contributed by atoms with Crippen LogP contribution in [0.25, 0.3) is 0 Å². The first-order valence-electron chi connectivity index (χ1n) is 8.75. The van der Waals surface area contributed by atoms with Crippen molar-refractivity contribution >= 4 is 11.8 Å². The summed E-state index contributed by atoms with van der Waals surface area (Å²) in [4.78, 5) is 26.7. The maximum Gasteiger partial charge on any atom is 0.242 e. The Morgan fingerprint density at radius 1 is 0.926 bits per heavy atom. The van der Waals surface area contributed by atoms with Crippen LogP contribution in [-0.2, 0) is 22.6 Å². The second kappa shape index (κ2) is 9.62. The van der Waals surface area contributed by atoms with E-state index in [2.05, 4.69) is 5.32 Å². The molecule has 144 valence electrons. The van der Waals surface area contributed by atoms with Crippen molar-refractivity contribution in [1.29, 1.82) is 0 Å². The fourth-order valence-electron chi connectivity index (χ4n) is 2.74. The van der Waals surface area contributed by atoms with Gasteiger partial charge in [-0.1, -0.05) is 24.3 Å². The highest BCUT2D eigenvalue weighted by atomic mass is 16.5. The number of nitrogens with one attached hydrogen (secondary N) is 1. The minimum Gasteiger partial charge on any atom is -0.497 e. The van der Waals surface area contributed by atoms with Gasteiger partial charge in [-0.25, -0.2) is 0 Å². The van der Waals surface area contributed by atoms with Crippen molar-refractivity contribution in [3.05, 3.63) is 59.7 Å². The molecule has 0 bridgehead atoms. The first-order chi connectivity index (χ1) is 13.0. The monoisotopic (exact) mass is 370 g/mol. The lowest BCUT2D eigenvalue weighted by molar-refractivity contribution is -0.139. The highest BCUT2D eigenvalue weighted by molar-refractivity contribution is 5.88. The minimum absolute atomic E-state index is 0.118. The molecule has 0 saturated heterocycles. The molecule has 27 heavy (non-hydrogen) atoms. The number of hydrogen-bond acceptors (Lipinski definition) is 4. The van der Waals surface area contributed by atoms with E-state index in [0.29, 0.717) is 6.54 Å². The van der Waals surface area contributed by atoms with Crippen molar-refractivity contribution in [2.75, 3.05) is 21.3 Å². The highest BCUT2D eigenvalue weighted by Gasteiger charge is 2.25. The zero-order chi connectivity index (χ0) is 19.8. The lowest BCUT2D eigenvalue weighted by Crippen LogP contribution is -2.47. The summed E-state index contributed by atoms with van der Waals surface area (Å²) < 4.78 is 10.3. The van der Waals surface area contributed by atoms with Gasteiger partial charge in [0.1, 0.15) is 17.5 Å². The van der Waals surface area contributed by atoms with Gasteiger partial charge in [-0.2, -0.15) is 0 Å². The molecule has 0 heterocycles. The van der Waals surface area contributed by atoms with Gasteiger partial charge in [0, 0.05) is 13.6 Å². The van der Waals surface area contributed by atoms with E-state index in [1.54, 1.807) is 33.1 Å². The molecule has 6 heteroatoms. The van der Waals surface area contributed by atoms with Crippen molar-refractivity contribution in [1.82, 2.24) is 10.2 Å². The van der Waals surface area contributed by atoms with Crippen LogP contribution in [0.3, 0.4) is 0 Å². The number of benzene rings is 2. The van der Waals surface area contributed by atoms with E-state index in [1.165, 1.54) is 0 Å². The molecule has 2 aromatic carbocycles. The average molecular weight is 370 g/mol. The third kappa shape index (κ3) is 5.48. The average Bonchev–Trinajstić information content (AvgIpc) is 2.71. The molecule has 2 rings (SSSR count). The van der Waals surface area contributed by atoms with Gasteiger partial charge in [0.2, 0.25) is 11.8 Å². The fourth-order valence-corrected chi connectivity index (χ4v) is 2.74. The Kier molecular flexibility index (Phi) is 7.23. The van der Waals surface area contributed by atoms with Gasteiger partial charge in [-0.3, -0.25) is 9.59 Å².